The molecule has 1 aromatic carbocycles. The Kier molecular flexibility index (Phi) is 4.36. The average molecular weight is 337 g/mol. The fourth-order valence-corrected chi connectivity index (χ4v) is 3.21. The Morgan fingerprint density at radius 3 is 2.68 bits per heavy atom. The van der Waals surface area contributed by atoms with Gasteiger partial charge in [0, 0.05) is 44.1 Å². The summed E-state index contributed by atoms with van der Waals surface area (Å²) in [6, 6.07) is 10.3. The van der Waals surface area contributed by atoms with Crippen LogP contribution in [0.5, 0.6) is 0 Å². The number of rotatable bonds is 4. The zero-order valence-electron chi connectivity index (χ0n) is 14.7. The molecular formula is C19H23N5O. The van der Waals surface area contributed by atoms with Gasteiger partial charge in [-0.15, -0.1) is 10.2 Å². The average Bonchev–Trinajstić information content (AvgIpc) is 3.20. The van der Waals surface area contributed by atoms with Gasteiger partial charge < -0.3 is 8.98 Å². The molecule has 1 aliphatic heterocycles. The predicted molar refractivity (Wildman–Crippen MR) is 95.0 cm³/mol. The maximum absolute atomic E-state index is 5.56. The summed E-state index contributed by atoms with van der Waals surface area (Å²) in [5.41, 5.74) is 2.12. The Morgan fingerprint density at radius 1 is 1.08 bits per heavy atom. The number of nitrogens with zero attached hydrogens (tertiary/aromatic N) is 5. The van der Waals surface area contributed by atoms with Crippen molar-refractivity contribution in [2.75, 3.05) is 13.1 Å². The molecular weight excluding hydrogens is 314 g/mol. The Morgan fingerprint density at radius 2 is 1.92 bits per heavy atom. The molecule has 6 heteroatoms. The van der Waals surface area contributed by atoms with Crippen LogP contribution >= 0.6 is 0 Å². The largest absolute Gasteiger partial charge is 0.448 e. The molecule has 0 unspecified atom stereocenters. The first-order valence-corrected chi connectivity index (χ1v) is 8.85. The molecule has 3 heterocycles. The topological polar surface area (TPSA) is 60.0 Å². The van der Waals surface area contributed by atoms with Crippen molar-refractivity contribution >= 4 is 0 Å². The minimum absolute atomic E-state index is 0.322. The van der Waals surface area contributed by atoms with Gasteiger partial charge in [0.25, 0.3) is 0 Å². The molecule has 0 saturated heterocycles. The maximum atomic E-state index is 5.56. The van der Waals surface area contributed by atoms with Gasteiger partial charge >= 0.3 is 0 Å². The number of fused-ring (bicyclic) bond motifs is 1. The van der Waals surface area contributed by atoms with Crippen LogP contribution in [-0.4, -0.2) is 37.7 Å². The molecule has 0 radical (unpaired) electrons. The zero-order valence-corrected chi connectivity index (χ0v) is 14.7. The second-order valence-electron chi connectivity index (χ2n) is 6.82. The highest BCUT2D eigenvalue weighted by Crippen LogP contribution is 2.21. The summed E-state index contributed by atoms with van der Waals surface area (Å²) in [6.07, 6.45) is 2.68. The summed E-state index contributed by atoms with van der Waals surface area (Å²) in [4.78, 5) is 7.00. The number of aromatic nitrogens is 4. The highest BCUT2D eigenvalue weighted by Gasteiger charge is 2.20. The van der Waals surface area contributed by atoms with Gasteiger partial charge in [-0.2, -0.15) is 0 Å². The fraction of sp³-hybridized carbons (Fsp3) is 0.421. The standard InChI is InChI=1S/C19H23N5O/c1-14(2)19-20-16(13-25-19)12-23-9-8-17-21-22-18(24(17)11-10-23)15-6-4-3-5-7-15/h3-7,13-14H,8-12H2,1-2H3. The summed E-state index contributed by atoms with van der Waals surface area (Å²) in [7, 11) is 0. The van der Waals surface area contributed by atoms with Gasteiger partial charge in [0.05, 0.1) is 5.69 Å². The van der Waals surface area contributed by atoms with Gasteiger partial charge in [0.2, 0.25) is 0 Å². The third kappa shape index (κ3) is 3.35. The molecule has 25 heavy (non-hydrogen) atoms. The van der Waals surface area contributed by atoms with Gasteiger partial charge in [-0.1, -0.05) is 44.2 Å². The van der Waals surface area contributed by atoms with E-state index in [9.17, 15) is 0 Å². The molecule has 0 fully saturated rings. The van der Waals surface area contributed by atoms with E-state index in [4.69, 9.17) is 4.42 Å². The summed E-state index contributed by atoms with van der Waals surface area (Å²) in [5.74, 6) is 3.15. The van der Waals surface area contributed by atoms with Crippen molar-refractivity contribution in [2.45, 2.75) is 39.3 Å². The highest BCUT2D eigenvalue weighted by atomic mass is 16.3. The molecule has 130 valence electrons. The lowest BCUT2D eigenvalue weighted by atomic mass is 10.2. The highest BCUT2D eigenvalue weighted by molar-refractivity contribution is 5.55. The predicted octanol–water partition coefficient (Wildman–Crippen LogP) is 3.11. The van der Waals surface area contributed by atoms with E-state index in [2.05, 4.69) is 50.6 Å². The first-order valence-electron chi connectivity index (χ1n) is 8.85. The SMILES string of the molecule is CC(C)c1nc(CN2CCc3nnc(-c4ccccc4)n3CC2)co1. The van der Waals surface area contributed by atoms with Crippen molar-refractivity contribution in [1.29, 1.82) is 0 Å². The van der Waals surface area contributed by atoms with Gasteiger partial charge in [0.15, 0.2) is 11.7 Å². The minimum atomic E-state index is 0.322. The number of hydrogen-bond acceptors (Lipinski definition) is 5. The second kappa shape index (κ2) is 6.80. The van der Waals surface area contributed by atoms with E-state index in [-0.39, 0.29) is 0 Å². The third-order valence-corrected chi connectivity index (χ3v) is 4.60. The lowest BCUT2D eigenvalue weighted by Gasteiger charge is -2.17. The number of hydrogen-bond donors (Lipinski definition) is 0. The van der Waals surface area contributed by atoms with Crippen molar-refractivity contribution in [3.8, 4) is 11.4 Å². The summed E-state index contributed by atoms with van der Waals surface area (Å²) < 4.78 is 7.80. The fourth-order valence-electron chi connectivity index (χ4n) is 3.21. The van der Waals surface area contributed by atoms with Crippen molar-refractivity contribution in [3.05, 3.63) is 54.0 Å². The van der Waals surface area contributed by atoms with E-state index in [0.29, 0.717) is 5.92 Å². The molecule has 0 aliphatic carbocycles. The van der Waals surface area contributed by atoms with E-state index in [1.807, 2.05) is 18.2 Å². The molecule has 0 amide bonds. The van der Waals surface area contributed by atoms with Crippen LogP contribution < -0.4 is 0 Å². The number of benzene rings is 1. The molecule has 2 aromatic heterocycles. The summed E-state index contributed by atoms with van der Waals surface area (Å²) >= 11 is 0. The van der Waals surface area contributed by atoms with E-state index in [1.165, 1.54) is 0 Å². The first kappa shape index (κ1) is 16.0. The van der Waals surface area contributed by atoms with Gasteiger partial charge in [-0.25, -0.2) is 4.98 Å². The van der Waals surface area contributed by atoms with Crippen molar-refractivity contribution in [2.24, 2.45) is 0 Å². The molecule has 6 nitrogen and oxygen atoms in total. The second-order valence-corrected chi connectivity index (χ2v) is 6.82. The molecule has 4 rings (SSSR count). The third-order valence-electron chi connectivity index (χ3n) is 4.60. The minimum Gasteiger partial charge on any atom is -0.448 e. The molecule has 1 aliphatic rings. The van der Waals surface area contributed by atoms with E-state index in [0.717, 1.165) is 61.4 Å². The maximum Gasteiger partial charge on any atom is 0.196 e. The molecule has 0 N–H and O–H groups in total. The quantitative estimate of drug-likeness (QED) is 0.732. The molecule has 0 atom stereocenters. The number of oxazole rings is 1. The normalized spacial score (nSPS) is 15.3. The molecule has 0 spiro atoms. The van der Waals surface area contributed by atoms with Crippen LogP contribution in [0.4, 0.5) is 0 Å². The van der Waals surface area contributed by atoms with Crippen LogP contribution in [0.2, 0.25) is 0 Å². The summed E-state index contributed by atoms with van der Waals surface area (Å²) in [5, 5.41) is 8.82. The van der Waals surface area contributed by atoms with Crippen molar-refractivity contribution in [3.63, 3.8) is 0 Å². The van der Waals surface area contributed by atoms with Gasteiger partial charge in [-0.3, -0.25) is 4.90 Å². The molecule has 3 aromatic rings. The van der Waals surface area contributed by atoms with Crippen LogP contribution in [0.3, 0.4) is 0 Å². The van der Waals surface area contributed by atoms with E-state index in [1.54, 1.807) is 6.26 Å². The van der Waals surface area contributed by atoms with Crippen LogP contribution in [0.15, 0.2) is 41.0 Å². The van der Waals surface area contributed by atoms with Gasteiger partial charge in [0.1, 0.15) is 12.1 Å². The Labute approximate surface area is 147 Å². The Balaban J connectivity index is 1.48. The van der Waals surface area contributed by atoms with Crippen LogP contribution in [0.25, 0.3) is 11.4 Å². The smallest absolute Gasteiger partial charge is 0.196 e. The zero-order chi connectivity index (χ0) is 17.2. The van der Waals surface area contributed by atoms with Crippen LogP contribution in [-0.2, 0) is 19.5 Å². The van der Waals surface area contributed by atoms with Crippen LogP contribution in [0.1, 0.15) is 37.2 Å². The van der Waals surface area contributed by atoms with E-state index >= 15 is 0 Å². The van der Waals surface area contributed by atoms with E-state index < -0.39 is 0 Å². The first-order chi connectivity index (χ1) is 12.2. The lowest BCUT2D eigenvalue weighted by molar-refractivity contribution is 0.268. The monoisotopic (exact) mass is 337 g/mol. The van der Waals surface area contributed by atoms with Crippen molar-refractivity contribution in [1.82, 2.24) is 24.6 Å². The molecule has 0 saturated carbocycles. The van der Waals surface area contributed by atoms with Gasteiger partial charge in [-0.05, 0) is 0 Å². The lowest BCUT2D eigenvalue weighted by Crippen LogP contribution is -2.26. The summed E-state index contributed by atoms with van der Waals surface area (Å²) in [6.45, 7) is 7.80. The van der Waals surface area contributed by atoms with Crippen LogP contribution in [0, 0.1) is 0 Å². The molecule has 0 bridgehead atoms. The van der Waals surface area contributed by atoms with Crippen molar-refractivity contribution < 1.29 is 4.42 Å². The Bertz CT molecular complexity index is 837. The Hall–Kier alpha value is -2.47.